The normalized spacial score (nSPS) is 11.0. The highest BCUT2D eigenvalue weighted by Crippen LogP contribution is 2.26. The van der Waals surface area contributed by atoms with Crippen molar-refractivity contribution in [3.8, 4) is 5.75 Å². The number of nitrogen functional groups attached to an aromatic ring is 1. The molecule has 0 fully saturated rings. The monoisotopic (exact) mass is 281 g/mol. The number of para-hydroxylation sites is 1. The third-order valence-corrected chi connectivity index (χ3v) is 3.70. The van der Waals surface area contributed by atoms with Crippen LogP contribution >= 0.6 is 0 Å². The maximum atomic E-state index is 6.07. The van der Waals surface area contributed by atoms with Crippen molar-refractivity contribution in [3.63, 3.8) is 0 Å². The average Bonchev–Trinajstić information content (AvgIpc) is 2.80. The average molecular weight is 281 g/mol. The summed E-state index contributed by atoms with van der Waals surface area (Å²) in [5.41, 5.74) is 10.5. The summed E-state index contributed by atoms with van der Waals surface area (Å²) >= 11 is 0. The van der Waals surface area contributed by atoms with E-state index in [4.69, 9.17) is 10.5 Å². The van der Waals surface area contributed by atoms with Gasteiger partial charge in [0, 0.05) is 6.54 Å². The number of hydrogen-bond acceptors (Lipinski definition) is 3. The fraction of sp³-hybridized carbons (Fsp3) is 0.235. The molecule has 2 aromatic carbocycles. The van der Waals surface area contributed by atoms with E-state index in [2.05, 4.69) is 36.2 Å². The second kappa shape index (κ2) is 5.48. The maximum absolute atomic E-state index is 6.07. The Bertz CT molecular complexity index is 777. The van der Waals surface area contributed by atoms with E-state index in [0.29, 0.717) is 5.95 Å². The second-order valence-corrected chi connectivity index (χ2v) is 5.19. The van der Waals surface area contributed by atoms with E-state index in [0.717, 1.165) is 29.7 Å². The summed E-state index contributed by atoms with van der Waals surface area (Å²) < 4.78 is 7.38. The fourth-order valence-corrected chi connectivity index (χ4v) is 2.65. The van der Waals surface area contributed by atoms with Gasteiger partial charge in [-0.2, -0.15) is 0 Å². The summed E-state index contributed by atoms with van der Waals surface area (Å²) in [6.07, 6.45) is 0.925. The molecule has 0 aliphatic rings. The number of rotatable bonds is 4. The molecule has 4 heteroatoms. The van der Waals surface area contributed by atoms with Gasteiger partial charge in [-0.3, -0.25) is 0 Å². The number of methoxy groups -OCH3 is 1. The summed E-state index contributed by atoms with van der Waals surface area (Å²) in [6.45, 7) is 2.91. The molecule has 0 unspecified atom stereocenters. The minimum Gasteiger partial charge on any atom is -0.494 e. The van der Waals surface area contributed by atoms with Gasteiger partial charge in [0.25, 0.3) is 0 Å². The number of fused-ring (bicyclic) bond motifs is 1. The van der Waals surface area contributed by atoms with Crippen LogP contribution in [-0.4, -0.2) is 16.7 Å². The number of nitrogens with two attached hydrogens (primary N) is 1. The molecule has 2 N–H and O–H groups in total. The Hall–Kier alpha value is -2.49. The number of anilines is 1. The molecular weight excluding hydrogens is 262 g/mol. The van der Waals surface area contributed by atoms with Crippen molar-refractivity contribution < 1.29 is 4.74 Å². The van der Waals surface area contributed by atoms with Crippen molar-refractivity contribution in [1.29, 1.82) is 0 Å². The first-order valence-corrected chi connectivity index (χ1v) is 7.03. The number of aryl methyl sites for hydroxylation is 3. The van der Waals surface area contributed by atoms with Gasteiger partial charge in [-0.15, -0.1) is 0 Å². The van der Waals surface area contributed by atoms with Crippen molar-refractivity contribution in [2.45, 2.75) is 19.9 Å². The predicted molar refractivity (Wildman–Crippen MR) is 85.6 cm³/mol. The first-order chi connectivity index (χ1) is 10.2. The van der Waals surface area contributed by atoms with Gasteiger partial charge in [-0.1, -0.05) is 35.9 Å². The lowest BCUT2D eigenvalue weighted by molar-refractivity contribution is 0.419. The SMILES string of the molecule is COc1cccc2c1nc(N)n2CCc1cccc(C)c1. The Morgan fingerprint density at radius 1 is 1.19 bits per heavy atom. The Kier molecular flexibility index (Phi) is 3.52. The number of benzene rings is 2. The zero-order valence-electron chi connectivity index (χ0n) is 12.3. The van der Waals surface area contributed by atoms with Crippen molar-refractivity contribution in [2.24, 2.45) is 0 Å². The van der Waals surface area contributed by atoms with Crippen LogP contribution in [0.3, 0.4) is 0 Å². The number of aromatic nitrogens is 2. The maximum Gasteiger partial charge on any atom is 0.201 e. The van der Waals surface area contributed by atoms with Crippen molar-refractivity contribution in [2.75, 3.05) is 12.8 Å². The van der Waals surface area contributed by atoms with Crippen LogP contribution in [0.5, 0.6) is 5.75 Å². The first-order valence-electron chi connectivity index (χ1n) is 7.03. The fourth-order valence-electron chi connectivity index (χ4n) is 2.65. The Balaban J connectivity index is 1.92. The largest absolute Gasteiger partial charge is 0.494 e. The van der Waals surface area contributed by atoms with Crippen LogP contribution in [0.4, 0.5) is 5.95 Å². The van der Waals surface area contributed by atoms with E-state index in [1.807, 2.05) is 22.8 Å². The van der Waals surface area contributed by atoms with Gasteiger partial charge in [-0.25, -0.2) is 4.98 Å². The minimum absolute atomic E-state index is 0.530. The number of imidazole rings is 1. The minimum atomic E-state index is 0.530. The Labute approximate surface area is 124 Å². The van der Waals surface area contributed by atoms with Gasteiger partial charge in [0.1, 0.15) is 11.3 Å². The molecule has 3 rings (SSSR count). The van der Waals surface area contributed by atoms with Gasteiger partial charge >= 0.3 is 0 Å². The summed E-state index contributed by atoms with van der Waals surface area (Å²) in [4.78, 5) is 4.43. The third-order valence-electron chi connectivity index (χ3n) is 3.70. The Morgan fingerprint density at radius 3 is 2.76 bits per heavy atom. The van der Waals surface area contributed by atoms with Crippen LogP contribution in [-0.2, 0) is 13.0 Å². The molecule has 1 heterocycles. The third kappa shape index (κ3) is 2.57. The van der Waals surface area contributed by atoms with Crippen LogP contribution in [0.1, 0.15) is 11.1 Å². The Morgan fingerprint density at radius 2 is 2.00 bits per heavy atom. The summed E-state index contributed by atoms with van der Waals surface area (Å²) in [7, 11) is 1.65. The molecule has 0 aliphatic carbocycles. The van der Waals surface area contributed by atoms with Crippen LogP contribution in [0.15, 0.2) is 42.5 Å². The second-order valence-electron chi connectivity index (χ2n) is 5.19. The van der Waals surface area contributed by atoms with E-state index in [1.54, 1.807) is 7.11 Å². The van der Waals surface area contributed by atoms with Crippen LogP contribution in [0.25, 0.3) is 11.0 Å². The molecule has 1 aromatic heterocycles. The van der Waals surface area contributed by atoms with Gasteiger partial charge in [0.2, 0.25) is 5.95 Å². The number of hydrogen-bond donors (Lipinski definition) is 1. The molecule has 108 valence electrons. The van der Waals surface area contributed by atoms with Gasteiger partial charge in [-0.05, 0) is 31.0 Å². The zero-order chi connectivity index (χ0) is 14.8. The summed E-state index contributed by atoms with van der Waals surface area (Å²) in [5, 5.41) is 0. The number of ether oxygens (including phenoxy) is 1. The first kappa shape index (κ1) is 13.5. The molecule has 0 atom stereocenters. The topological polar surface area (TPSA) is 53.1 Å². The molecule has 3 aromatic rings. The molecule has 0 aliphatic heterocycles. The molecule has 0 saturated heterocycles. The summed E-state index contributed by atoms with van der Waals surface area (Å²) in [5.74, 6) is 1.29. The molecule has 0 spiro atoms. The van der Waals surface area contributed by atoms with Crippen molar-refractivity contribution in [1.82, 2.24) is 9.55 Å². The molecule has 21 heavy (non-hydrogen) atoms. The molecule has 0 bridgehead atoms. The predicted octanol–water partition coefficient (Wildman–Crippen LogP) is 3.18. The van der Waals surface area contributed by atoms with E-state index < -0.39 is 0 Å². The van der Waals surface area contributed by atoms with Crippen LogP contribution in [0.2, 0.25) is 0 Å². The van der Waals surface area contributed by atoms with Crippen molar-refractivity contribution in [3.05, 3.63) is 53.6 Å². The van der Waals surface area contributed by atoms with Gasteiger partial charge < -0.3 is 15.0 Å². The van der Waals surface area contributed by atoms with E-state index in [1.165, 1.54) is 11.1 Å². The lowest BCUT2D eigenvalue weighted by Gasteiger charge is -2.07. The molecular formula is C17H19N3O. The van der Waals surface area contributed by atoms with Crippen LogP contribution in [0, 0.1) is 6.92 Å². The van der Waals surface area contributed by atoms with Crippen LogP contribution < -0.4 is 10.5 Å². The van der Waals surface area contributed by atoms with E-state index in [-0.39, 0.29) is 0 Å². The quantitative estimate of drug-likeness (QED) is 0.799. The zero-order valence-corrected chi connectivity index (χ0v) is 12.3. The summed E-state index contributed by atoms with van der Waals surface area (Å²) in [6, 6.07) is 14.4. The molecule has 0 radical (unpaired) electrons. The smallest absolute Gasteiger partial charge is 0.201 e. The molecule has 0 amide bonds. The lowest BCUT2D eigenvalue weighted by Crippen LogP contribution is -2.05. The van der Waals surface area contributed by atoms with E-state index in [9.17, 15) is 0 Å². The van der Waals surface area contributed by atoms with Crippen molar-refractivity contribution >= 4 is 17.0 Å². The van der Waals surface area contributed by atoms with E-state index >= 15 is 0 Å². The lowest BCUT2D eigenvalue weighted by atomic mass is 10.1. The molecule has 4 nitrogen and oxygen atoms in total. The van der Waals surface area contributed by atoms with Gasteiger partial charge in [0.05, 0.1) is 12.6 Å². The standard InChI is InChI=1S/C17H19N3O/c1-12-5-3-6-13(11-12)9-10-20-14-7-4-8-15(21-2)16(14)19-17(20)18/h3-8,11H,9-10H2,1-2H3,(H2,18,19). The number of nitrogens with zero attached hydrogens (tertiary/aromatic N) is 2. The highest BCUT2D eigenvalue weighted by atomic mass is 16.5. The highest BCUT2D eigenvalue weighted by molar-refractivity contribution is 5.84. The molecule has 0 saturated carbocycles. The highest BCUT2D eigenvalue weighted by Gasteiger charge is 2.11. The van der Waals surface area contributed by atoms with Gasteiger partial charge in [0.15, 0.2) is 0 Å².